The van der Waals surface area contributed by atoms with Crippen molar-refractivity contribution in [1.29, 1.82) is 0 Å². The van der Waals surface area contributed by atoms with Gasteiger partial charge in [0, 0.05) is 33.9 Å². The van der Waals surface area contributed by atoms with Crippen molar-refractivity contribution in [2.45, 2.75) is 12.6 Å². The molecule has 17 heavy (non-hydrogen) atoms. The van der Waals surface area contributed by atoms with Crippen LogP contribution in [0.3, 0.4) is 0 Å². The molecular formula is C12H15BrN2S2. The summed E-state index contributed by atoms with van der Waals surface area (Å²) in [6.07, 6.45) is 0. The van der Waals surface area contributed by atoms with E-state index in [0.29, 0.717) is 12.6 Å². The van der Waals surface area contributed by atoms with E-state index in [4.69, 9.17) is 5.73 Å². The van der Waals surface area contributed by atoms with E-state index in [1.165, 1.54) is 10.4 Å². The first-order valence-corrected chi connectivity index (χ1v) is 7.97. The SMILES string of the molecule is CN(Cc1cc(Br)cs1)C(CN)c1ccsc1. The first kappa shape index (κ1) is 13.2. The van der Waals surface area contributed by atoms with Gasteiger partial charge >= 0.3 is 0 Å². The molecule has 0 saturated carbocycles. The highest BCUT2D eigenvalue weighted by atomic mass is 79.9. The molecule has 1 atom stereocenters. The number of nitrogens with zero attached hydrogens (tertiary/aromatic N) is 1. The fraction of sp³-hybridized carbons (Fsp3) is 0.333. The summed E-state index contributed by atoms with van der Waals surface area (Å²) in [6.45, 7) is 1.59. The first-order valence-electron chi connectivity index (χ1n) is 5.36. The number of halogens is 1. The van der Waals surface area contributed by atoms with Gasteiger partial charge in [-0.15, -0.1) is 11.3 Å². The van der Waals surface area contributed by atoms with Crippen LogP contribution in [0.4, 0.5) is 0 Å². The monoisotopic (exact) mass is 330 g/mol. The average molecular weight is 331 g/mol. The maximum absolute atomic E-state index is 5.88. The average Bonchev–Trinajstić information content (AvgIpc) is 2.92. The summed E-state index contributed by atoms with van der Waals surface area (Å²) >= 11 is 6.98. The van der Waals surface area contributed by atoms with Crippen molar-refractivity contribution in [3.63, 3.8) is 0 Å². The van der Waals surface area contributed by atoms with E-state index in [1.54, 1.807) is 22.7 Å². The van der Waals surface area contributed by atoms with E-state index in [1.807, 2.05) is 0 Å². The molecule has 92 valence electrons. The van der Waals surface area contributed by atoms with Crippen molar-refractivity contribution in [1.82, 2.24) is 4.90 Å². The third-order valence-electron chi connectivity index (χ3n) is 2.71. The van der Waals surface area contributed by atoms with Gasteiger partial charge in [0.25, 0.3) is 0 Å². The second kappa shape index (κ2) is 6.11. The molecule has 2 nitrogen and oxygen atoms in total. The van der Waals surface area contributed by atoms with Crippen molar-refractivity contribution in [3.05, 3.63) is 43.2 Å². The Kier molecular flexibility index (Phi) is 4.76. The molecule has 2 aromatic heterocycles. The highest BCUT2D eigenvalue weighted by Gasteiger charge is 2.16. The molecule has 0 fully saturated rings. The minimum atomic E-state index is 0.308. The standard InChI is InChI=1S/C12H15BrN2S2/c1-15(6-11-4-10(13)8-17-11)12(5-14)9-2-3-16-7-9/h2-4,7-8,12H,5-6,14H2,1H3. The van der Waals surface area contributed by atoms with Gasteiger partial charge in [0.05, 0.1) is 0 Å². The van der Waals surface area contributed by atoms with E-state index in [2.05, 4.69) is 56.2 Å². The third kappa shape index (κ3) is 3.39. The van der Waals surface area contributed by atoms with Gasteiger partial charge < -0.3 is 5.73 Å². The maximum Gasteiger partial charge on any atom is 0.0479 e. The van der Waals surface area contributed by atoms with Crippen LogP contribution in [0.5, 0.6) is 0 Å². The summed E-state index contributed by atoms with van der Waals surface area (Å²) in [5.41, 5.74) is 7.20. The quantitative estimate of drug-likeness (QED) is 0.905. The summed E-state index contributed by atoms with van der Waals surface area (Å²) in [6, 6.07) is 4.63. The zero-order valence-electron chi connectivity index (χ0n) is 9.60. The van der Waals surface area contributed by atoms with Crippen molar-refractivity contribution in [2.75, 3.05) is 13.6 Å². The summed E-state index contributed by atoms with van der Waals surface area (Å²) in [5.74, 6) is 0. The maximum atomic E-state index is 5.88. The number of likely N-dealkylation sites (N-methyl/N-ethyl adjacent to an activating group) is 1. The molecule has 1 unspecified atom stereocenters. The number of rotatable bonds is 5. The van der Waals surface area contributed by atoms with Crippen molar-refractivity contribution in [2.24, 2.45) is 5.73 Å². The summed E-state index contributed by atoms with van der Waals surface area (Å²) in [4.78, 5) is 3.66. The number of nitrogens with two attached hydrogens (primary N) is 1. The molecule has 5 heteroatoms. The topological polar surface area (TPSA) is 29.3 Å². The van der Waals surface area contributed by atoms with Gasteiger partial charge in [-0.05, 0) is 51.4 Å². The Bertz CT molecular complexity index is 453. The third-order valence-corrected chi connectivity index (χ3v) is 5.09. The van der Waals surface area contributed by atoms with Crippen LogP contribution < -0.4 is 5.73 Å². The molecule has 0 spiro atoms. The molecule has 0 aromatic carbocycles. The number of hydrogen-bond donors (Lipinski definition) is 1. The first-order chi connectivity index (χ1) is 8.20. The van der Waals surface area contributed by atoms with Crippen LogP contribution in [-0.2, 0) is 6.54 Å². The van der Waals surface area contributed by atoms with E-state index in [9.17, 15) is 0 Å². The smallest absolute Gasteiger partial charge is 0.0479 e. The van der Waals surface area contributed by atoms with E-state index in [-0.39, 0.29) is 0 Å². The lowest BCUT2D eigenvalue weighted by atomic mass is 10.1. The lowest BCUT2D eigenvalue weighted by Crippen LogP contribution is -2.29. The minimum Gasteiger partial charge on any atom is -0.329 e. The van der Waals surface area contributed by atoms with Crippen LogP contribution >= 0.6 is 38.6 Å². The Morgan fingerprint density at radius 1 is 1.47 bits per heavy atom. The Labute approximate surface area is 118 Å². The summed E-state index contributed by atoms with van der Waals surface area (Å²) in [5, 5.41) is 6.40. The van der Waals surface area contributed by atoms with Crippen LogP contribution in [0, 0.1) is 0 Å². The molecule has 2 N–H and O–H groups in total. The van der Waals surface area contributed by atoms with Gasteiger partial charge in [0.2, 0.25) is 0 Å². The fourth-order valence-electron chi connectivity index (χ4n) is 1.83. The fourth-order valence-corrected chi connectivity index (χ4v) is 4.05. The Balaban J connectivity index is 2.05. The largest absolute Gasteiger partial charge is 0.329 e. The predicted molar refractivity (Wildman–Crippen MR) is 79.6 cm³/mol. The van der Waals surface area contributed by atoms with Crippen LogP contribution in [0.15, 0.2) is 32.7 Å². The van der Waals surface area contributed by atoms with Crippen LogP contribution in [0.25, 0.3) is 0 Å². The zero-order valence-corrected chi connectivity index (χ0v) is 12.8. The Hall–Kier alpha value is -0.200. The second-order valence-electron chi connectivity index (χ2n) is 3.95. The van der Waals surface area contributed by atoms with Gasteiger partial charge in [0.1, 0.15) is 0 Å². The van der Waals surface area contributed by atoms with E-state index in [0.717, 1.165) is 11.0 Å². The molecule has 0 aliphatic rings. The molecule has 0 saturated heterocycles. The summed E-state index contributed by atoms with van der Waals surface area (Å²) < 4.78 is 1.16. The molecule has 2 aromatic rings. The van der Waals surface area contributed by atoms with Gasteiger partial charge in [-0.1, -0.05) is 0 Å². The zero-order chi connectivity index (χ0) is 12.3. The highest BCUT2D eigenvalue weighted by molar-refractivity contribution is 9.10. The Morgan fingerprint density at radius 2 is 2.29 bits per heavy atom. The van der Waals surface area contributed by atoms with Crippen LogP contribution in [0.2, 0.25) is 0 Å². The van der Waals surface area contributed by atoms with E-state index >= 15 is 0 Å². The molecular weight excluding hydrogens is 316 g/mol. The van der Waals surface area contributed by atoms with Crippen molar-refractivity contribution < 1.29 is 0 Å². The lowest BCUT2D eigenvalue weighted by Gasteiger charge is -2.25. The number of hydrogen-bond acceptors (Lipinski definition) is 4. The second-order valence-corrected chi connectivity index (χ2v) is 6.65. The van der Waals surface area contributed by atoms with Crippen LogP contribution in [-0.4, -0.2) is 18.5 Å². The molecule has 2 heterocycles. The molecule has 0 bridgehead atoms. The van der Waals surface area contributed by atoms with Crippen molar-refractivity contribution >= 4 is 38.6 Å². The molecule has 2 rings (SSSR count). The number of thiophene rings is 2. The normalized spacial score (nSPS) is 13.2. The van der Waals surface area contributed by atoms with Gasteiger partial charge in [0.15, 0.2) is 0 Å². The lowest BCUT2D eigenvalue weighted by molar-refractivity contribution is 0.244. The molecule has 0 amide bonds. The predicted octanol–water partition coefficient (Wildman–Crippen LogP) is 3.70. The summed E-state index contributed by atoms with van der Waals surface area (Å²) in [7, 11) is 2.13. The van der Waals surface area contributed by atoms with Gasteiger partial charge in [-0.3, -0.25) is 4.90 Å². The van der Waals surface area contributed by atoms with Gasteiger partial charge in [-0.2, -0.15) is 11.3 Å². The molecule has 0 aliphatic carbocycles. The van der Waals surface area contributed by atoms with Gasteiger partial charge in [-0.25, -0.2) is 0 Å². The van der Waals surface area contributed by atoms with Crippen molar-refractivity contribution in [3.8, 4) is 0 Å². The Morgan fingerprint density at radius 3 is 2.82 bits per heavy atom. The van der Waals surface area contributed by atoms with Crippen LogP contribution in [0.1, 0.15) is 16.5 Å². The molecule has 0 radical (unpaired) electrons. The minimum absolute atomic E-state index is 0.308. The van der Waals surface area contributed by atoms with E-state index < -0.39 is 0 Å². The molecule has 0 aliphatic heterocycles. The highest BCUT2D eigenvalue weighted by Crippen LogP contribution is 2.26.